The molecule has 0 saturated heterocycles. The molecule has 1 aromatic carbocycles. The fraction of sp³-hybridized carbons (Fsp3) is 0.158. The van der Waals surface area contributed by atoms with Crippen LogP contribution in [0.25, 0.3) is 5.69 Å². The summed E-state index contributed by atoms with van der Waals surface area (Å²) in [6, 6.07) is 11.8. The Labute approximate surface area is 160 Å². The van der Waals surface area contributed by atoms with Crippen LogP contribution in [0, 0.1) is 6.92 Å². The molecule has 138 valence electrons. The highest BCUT2D eigenvalue weighted by molar-refractivity contribution is 6.30. The van der Waals surface area contributed by atoms with E-state index in [2.05, 4.69) is 15.4 Å². The van der Waals surface area contributed by atoms with Crippen molar-refractivity contribution in [1.82, 2.24) is 14.8 Å². The Bertz CT molecular complexity index is 952. The number of anilines is 1. The number of esters is 1. The van der Waals surface area contributed by atoms with Gasteiger partial charge < -0.3 is 10.1 Å². The number of carbonyl (C=O) groups is 2. The van der Waals surface area contributed by atoms with Gasteiger partial charge in [0, 0.05) is 18.1 Å². The molecule has 1 amide bonds. The van der Waals surface area contributed by atoms with E-state index < -0.39 is 18.0 Å². The molecule has 0 aliphatic carbocycles. The standard InChI is InChI=1S/C19H17ClN4O3/c1-12-9-10-22-24(12)16-6-3-14(4-7-16)19(26)27-13(2)18(25)23-17-8-5-15(20)11-21-17/h3-11,13H,1-2H3,(H,21,23,25)/t13-/m0/s1. The van der Waals surface area contributed by atoms with Crippen molar-refractivity contribution in [3.05, 3.63) is 71.1 Å². The van der Waals surface area contributed by atoms with E-state index in [0.29, 0.717) is 16.4 Å². The van der Waals surface area contributed by atoms with E-state index in [1.807, 2.05) is 13.0 Å². The number of ether oxygens (including phenoxy) is 1. The smallest absolute Gasteiger partial charge is 0.338 e. The van der Waals surface area contributed by atoms with E-state index in [1.54, 1.807) is 47.3 Å². The van der Waals surface area contributed by atoms with E-state index in [4.69, 9.17) is 16.3 Å². The molecular weight excluding hydrogens is 368 g/mol. The third kappa shape index (κ3) is 4.51. The molecule has 0 aliphatic rings. The van der Waals surface area contributed by atoms with E-state index in [1.165, 1.54) is 13.1 Å². The number of rotatable bonds is 5. The molecule has 8 heteroatoms. The van der Waals surface area contributed by atoms with Gasteiger partial charge in [0.15, 0.2) is 6.10 Å². The van der Waals surface area contributed by atoms with Crippen LogP contribution in [0.5, 0.6) is 0 Å². The van der Waals surface area contributed by atoms with Crippen molar-refractivity contribution in [2.75, 3.05) is 5.32 Å². The maximum absolute atomic E-state index is 12.3. The first-order chi connectivity index (χ1) is 12.9. The number of pyridine rings is 1. The van der Waals surface area contributed by atoms with Gasteiger partial charge in [-0.2, -0.15) is 5.10 Å². The van der Waals surface area contributed by atoms with Crippen LogP contribution in [0.4, 0.5) is 5.82 Å². The number of hydrogen-bond donors (Lipinski definition) is 1. The van der Waals surface area contributed by atoms with Crippen molar-refractivity contribution < 1.29 is 14.3 Å². The van der Waals surface area contributed by atoms with Crippen LogP contribution < -0.4 is 5.32 Å². The number of carbonyl (C=O) groups excluding carboxylic acids is 2. The molecule has 0 aliphatic heterocycles. The van der Waals surface area contributed by atoms with Gasteiger partial charge in [-0.1, -0.05) is 11.6 Å². The number of aryl methyl sites for hydroxylation is 1. The van der Waals surface area contributed by atoms with Crippen molar-refractivity contribution in [3.63, 3.8) is 0 Å². The van der Waals surface area contributed by atoms with Crippen LogP contribution in [0.15, 0.2) is 54.9 Å². The van der Waals surface area contributed by atoms with Gasteiger partial charge in [0.25, 0.3) is 5.91 Å². The lowest BCUT2D eigenvalue weighted by Crippen LogP contribution is -2.30. The van der Waals surface area contributed by atoms with Crippen LogP contribution in [0.2, 0.25) is 5.02 Å². The predicted octanol–water partition coefficient (Wildman–Crippen LogP) is 3.41. The Balaban J connectivity index is 1.61. The van der Waals surface area contributed by atoms with Crippen LogP contribution in [-0.4, -0.2) is 32.7 Å². The second-order valence-electron chi connectivity index (χ2n) is 5.83. The van der Waals surface area contributed by atoms with Crippen molar-refractivity contribution in [3.8, 4) is 5.69 Å². The number of benzene rings is 1. The highest BCUT2D eigenvalue weighted by Crippen LogP contribution is 2.14. The molecule has 0 spiro atoms. The topological polar surface area (TPSA) is 86.1 Å². The molecule has 1 atom stereocenters. The minimum Gasteiger partial charge on any atom is -0.449 e. The summed E-state index contributed by atoms with van der Waals surface area (Å²) < 4.78 is 6.98. The zero-order valence-corrected chi connectivity index (χ0v) is 15.5. The van der Waals surface area contributed by atoms with E-state index in [0.717, 1.165) is 11.4 Å². The summed E-state index contributed by atoms with van der Waals surface area (Å²) in [5.74, 6) is -0.751. The van der Waals surface area contributed by atoms with Crippen molar-refractivity contribution in [2.24, 2.45) is 0 Å². The third-order valence-corrected chi connectivity index (χ3v) is 4.03. The lowest BCUT2D eigenvalue weighted by Gasteiger charge is -2.13. The maximum Gasteiger partial charge on any atom is 0.338 e. The lowest BCUT2D eigenvalue weighted by molar-refractivity contribution is -0.123. The summed E-state index contributed by atoms with van der Waals surface area (Å²) in [7, 11) is 0. The fourth-order valence-corrected chi connectivity index (χ4v) is 2.45. The summed E-state index contributed by atoms with van der Waals surface area (Å²) in [6.45, 7) is 3.43. The molecule has 0 bridgehead atoms. The van der Waals surface area contributed by atoms with Crippen molar-refractivity contribution in [1.29, 1.82) is 0 Å². The molecule has 2 heterocycles. The van der Waals surface area contributed by atoms with Gasteiger partial charge in [0.1, 0.15) is 5.82 Å². The molecule has 3 aromatic rings. The van der Waals surface area contributed by atoms with Gasteiger partial charge in [0.2, 0.25) is 0 Å². The summed E-state index contributed by atoms with van der Waals surface area (Å²) in [4.78, 5) is 28.4. The molecular formula is C19H17ClN4O3. The van der Waals surface area contributed by atoms with Gasteiger partial charge in [-0.05, 0) is 56.3 Å². The average Bonchev–Trinajstić information content (AvgIpc) is 3.09. The monoisotopic (exact) mass is 384 g/mol. The van der Waals surface area contributed by atoms with Gasteiger partial charge in [-0.15, -0.1) is 0 Å². The van der Waals surface area contributed by atoms with Gasteiger partial charge in [-0.25, -0.2) is 14.5 Å². The fourth-order valence-electron chi connectivity index (χ4n) is 2.34. The maximum atomic E-state index is 12.3. The Morgan fingerprint density at radius 2 is 1.89 bits per heavy atom. The molecule has 3 rings (SSSR count). The van der Waals surface area contributed by atoms with Gasteiger partial charge in [0.05, 0.1) is 16.3 Å². The van der Waals surface area contributed by atoms with E-state index in [-0.39, 0.29) is 0 Å². The van der Waals surface area contributed by atoms with Gasteiger partial charge >= 0.3 is 5.97 Å². The molecule has 0 saturated carbocycles. The molecule has 27 heavy (non-hydrogen) atoms. The predicted molar refractivity (Wildman–Crippen MR) is 101 cm³/mol. The Morgan fingerprint density at radius 3 is 2.48 bits per heavy atom. The molecule has 0 radical (unpaired) electrons. The summed E-state index contributed by atoms with van der Waals surface area (Å²) in [5, 5.41) is 7.23. The van der Waals surface area contributed by atoms with E-state index >= 15 is 0 Å². The van der Waals surface area contributed by atoms with Crippen molar-refractivity contribution in [2.45, 2.75) is 20.0 Å². The number of nitrogens with one attached hydrogen (secondary N) is 1. The Hall–Kier alpha value is -3.19. The Kier molecular flexibility index (Phi) is 5.52. The van der Waals surface area contributed by atoms with Crippen LogP contribution in [0.3, 0.4) is 0 Å². The number of nitrogens with zero attached hydrogens (tertiary/aromatic N) is 3. The average molecular weight is 385 g/mol. The minimum absolute atomic E-state index is 0.325. The van der Waals surface area contributed by atoms with Crippen LogP contribution in [-0.2, 0) is 9.53 Å². The lowest BCUT2D eigenvalue weighted by atomic mass is 10.2. The molecule has 1 N–H and O–H groups in total. The molecule has 2 aromatic heterocycles. The first kappa shape index (κ1) is 18.6. The largest absolute Gasteiger partial charge is 0.449 e. The highest BCUT2D eigenvalue weighted by Gasteiger charge is 2.19. The zero-order chi connectivity index (χ0) is 19.4. The molecule has 0 fully saturated rings. The second-order valence-corrected chi connectivity index (χ2v) is 6.27. The van der Waals surface area contributed by atoms with E-state index in [9.17, 15) is 9.59 Å². The van der Waals surface area contributed by atoms with Crippen molar-refractivity contribution >= 4 is 29.3 Å². The first-order valence-corrected chi connectivity index (χ1v) is 8.56. The Morgan fingerprint density at radius 1 is 1.15 bits per heavy atom. The molecule has 0 unspecified atom stereocenters. The quantitative estimate of drug-likeness (QED) is 0.681. The summed E-state index contributed by atoms with van der Waals surface area (Å²) in [6.07, 6.45) is 2.13. The highest BCUT2D eigenvalue weighted by atomic mass is 35.5. The SMILES string of the molecule is Cc1ccnn1-c1ccc(C(=O)O[C@@H](C)C(=O)Nc2ccc(Cl)cn2)cc1. The second kappa shape index (κ2) is 8.01. The normalized spacial score (nSPS) is 11.7. The number of hydrogen-bond acceptors (Lipinski definition) is 5. The number of amides is 1. The first-order valence-electron chi connectivity index (χ1n) is 8.18. The minimum atomic E-state index is -0.983. The third-order valence-electron chi connectivity index (χ3n) is 3.81. The number of aromatic nitrogens is 3. The number of halogens is 1. The summed E-state index contributed by atoms with van der Waals surface area (Å²) in [5.41, 5.74) is 2.15. The summed E-state index contributed by atoms with van der Waals surface area (Å²) >= 11 is 5.75. The molecule has 7 nitrogen and oxygen atoms in total. The van der Waals surface area contributed by atoms with Crippen LogP contribution in [0.1, 0.15) is 23.0 Å². The van der Waals surface area contributed by atoms with Gasteiger partial charge in [-0.3, -0.25) is 4.79 Å². The van der Waals surface area contributed by atoms with Crippen LogP contribution >= 0.6 is 11.6 Å². The zero-order valence-electron chi connectivity index (χ0n) is 14.7.